The van der Waals surface area contributed by atoms with Gasteiger partial charge in [0.25, 0.3) is 0 Å². The van der Waals surface area contributed by atoms with Gasteiger partial charge in [0, 0.05) is 35.1 Å². The maximum atomic E-state index is 13.9. The largest absolute Gasteiger partial charge is 0.496 e. The maximum Gasteiger partial charge on any atom is 0.129 e. The number of hydrogen-bond donors (Lipinski definition) is 2. The van der Waals surface area contributed by atoms with Gasteiger partial charge in [0.2, 0.25) is 0 Å². The lowest BCUT2D eigenvalue weighted by Gasteiger charge is -2.33. The predicted molar refractivity (Wildman–Crippen MR) is 133 cm³/mol. The third-order valence-electron chi connectivity index (χ3n) is 6.05. The molecule has 0 aliphatic carbocycles. The number of allylic oxidation sites excluding steroid dienone is 1. The van der Waals surface area contributed by atoms with Gasteiger partial charge in [0.05, 0.1) is 12.6 Å². The van der Waals surface area contributed by atoms with Gasteiger partial charge in [-0.15, -0.1) is 0 Å². The van der Waals surface area contributed by atoms with Crippen LogP contribution in [0, 0.1) is 5.82 Å². The zero-order valence-electron chi connectivity index (χ0n) is 19.5. The normalized spacial score (nSPS) is 14.2. The zero-order valence-corrected chi connectivity index (χ0v) is 19.5. The van der Waals surface area contributed by atoms with E-state index in [1.54, 1.807) is 13.2 Å². The summed E-state index contributed by atoms with van der Waals surface area (Å²) in [5.74, 6) is 0.227. The summed E-state index contributed by atoms with van der Waals surface area (Å²) >= 11 is 0. The van der Waals surface area contributed by atoms with E-state index in [1.807, 2.05) is 0 Å². The van der Waals surface area contributed by atoms with Crippen molar-refractivity contribution < 1.29 is 9.13 Å². The van der Waals surface area contributed by atoms with E-state index in [0.717, 1.165) is 34.5 Å². The van der Waals surface area contributed by atoms with Crippen molar-refractivity contribution >= 4 is 16.9 Å². The molecule has 0 amide bonds. The summed E-state index contributed by atoms with van der Waals surface area (Å²) in [6, 6.07) is 17.4. The Morgan fingerprint density at radius 2 is 1.78 bits per heavy atom. The monoisotopic (exact) mass is 430 g/mol. The Morgan fingerprint density at radius 1 is 1.03 bits per heavy atom. The van der Waals surface area contributed by atoms with Gasteiger partial charge in [-0.1, -0.05) is 37.3 Å². The van der Waals surface area contributed by atoms with Crippen molar-refractivity contribution in [1.82, 2.24) is 0 Å². The molecule has 4 heteroatoms. The number of methoxy groups -OCH3 is 1. The molecule has 0 unspecified atom stereocenters. The Labute approximate surface area is 190 Å². The van der Waals surface area contributed by atoms with Crippen LogP contribution in [-0.2, 0) is 13.0 Å². The number of fused-ring (bicyclic) bond motifs is 1. The van der Waals surface area contributed by atoms with E-state index in [0.29, 0.717) is 12.3 Å². The molecule has 0 bridgehead atoms. The van der Waals surface area contributed by atoms with Crippen LogP contribution in [-0.4, -0.2) is 12.6 Å². The Balaban J connectivity index is 1.87. The van der Waals surface area contributed by atoms with Crippen molar-refractivity contribution in [2.75, 3.05) is 17.7 Å². The molecule has 3 nitrogen and oxygen atoms in total. The van der Waals surface area contributed by atoms with Crippen LogP contribution in [0.15, 0.2) is 60.7 Å². The summed E-state index contributed by atoms with van der Waals surface area (Å²) in [5.41, 5.74) is 8.91. The Morgan fingerprint density at radius 3 is 2.53 bits per heavy atom. The third-order valence-corrected chi connectivity index (χ3v) is 6.05. The van der Waals surface area contributed by atoms with Gasteiger partial charge in [-0.2, -0.15) is 0 Å². The Kier molecular flexibility index (Phi) is 5.96. The van der Waals surface area contributed by atoms with Crippen molar-refractivity contribution in [3.8, 4) is 16.9 Å². The first-order chi connectivity index (χ1) is 15.3. The molecule has 0 aromatic heterocycles. The molecule has 0 atom stereocenters. The lowest BCUT2D eigenvalue weighted by Crippen LogP contribution is -2.32. The standard InChI is InChI=1S/C28H31FN2O/c1-6-19-9-7-8-10-24(19)30-17-23-21(22-12-11-20(29)15-26(22)32-5)13-14-25-27(23)18(2)16-28(3,4)31-25/h7-16,30-31H,6,17H2,1-5H3. The summed E-state index contributed by atoms with van der Waals surface area (Å²) in [6.07, 6.45) is 3.23. The highest BCUT2D eigenvalue weighted by atomic mass is 19.1. The van der Waals surface area contributed by atoms with Crippen LogP contribution < -0.4 is 15.4 Å². The van der Waals surface area contributed by atoms with E-state index < -0.39 is 0 Å². The zero-order chi connectivity index (χ0) is 22.9. The van der Waals surface area contributed by atoms with E-state index in [4.69, 9.17) is 4.74 Å². The van der Waals surface area contributed by atoms with Crippen molar-refractivity contribution in [3.63, 3.8) is 0 Å². The highest BCUT2D eigenvalue weighted by Crippen LogP contribution is 2.42. The molecule has 3 aromatic carbocycles. The summed E-state index contributed by atoms with van der Waals surface area (Å²) in [5, 5.41) is 7.31. The average Bonchev–Trinajstić information content (AvgIpc) is 2.76. The number of ether oxygens (including phenoxy) is 1. The number of anilines is 2. The third kappa shape index (κ3) is 4.22. The van der Waals surface area contributed by atoms with Crippen LogP contribution >= 0.6 is 0 Å². The molecule has 3 aromatic rings. The number of nitrogens with one attached hydrogen (secondary N) is 2. The van der Waals surface area contributed by atoms with Crippen molar-refractivity contribution in [3.05, 3.63) is 83.2 Å². The highest BCUT2D eigenvalue weighted by Gasteiger charge is 2.26. The second-order valence-electron chi connectivity index (χ2n) is 8.90. The summed E-state index contributed by atoms with van der Waals surface area (Å²) in [7, 11) is 1.58. The molecule has 0 fully saturated rings. The summed E-state index contributed by atoms with van der Waals surface area (Å²) < 4.78 is 19.5. The molecule has 0 saturated carbocycles. The van der Waals surface area contributed by atoms with E-state index in [-0.39, 0.29) is 11.4 Å². The van der Waals surface area contributed by atoms with Gasteiger partial charge < -0.3 is 15.4 Å². The highest BCUT2D eigenvalue weighted by molar-refractivity contribution is 5.88. The van der Waals surface area contributed by atoms with Crippen LogP contribution in [0.5, 0.6) is 5.75 Å². The van der Waals surface area contributed by atoms with E-state index in [1.165, 1.54) is 28.8 Å². The first kappa shape index (κ1) is 21.9. The molecule has 0 spiro atoms. The van der Waals surface area contributed by atoms with Crippen LogP contribution in [0.3, 0.4) is 0 Å². The molecule has 32 heavy (non-hydrogen) atoms. The quantitative estimate of drug-likeness (QED) is 0.431. The van der Waals surface area contributed by atoms with Gasteiger partial charge in [-0.3, -0.25) is 0 Å². The number of para-hydroxylation sites is 1. The molecule has 1 heterocycles. The van der Waals surface area contributed by atoms with E-state index in [9.17, 15) is 4.39 Å². The van der Waals surface area contributed by atoms with Crippen molar-refractivity contribution in [1.29, 1.82) is 0 Å². The van der Waals surface area contributed by atoms with Crippen LogP contribution in [0.1, 0.15) is 44.4 Å². The van der Waals surface area contributed by atoms with Gasteiger partial charge in [-0.25, -0.2) is 4.39 Å². The van der Waals surface area contributed by atoms with E-state index >= 15 is 0 Å². The second kappa shape index (κ2) is 8.70. The fourth-order valence-electron chi connectivity index (χ4n) is 4.71. The molecule has 0 saturated heterocycles. The van der Waals surface area contributed by atoms with Gasteiger partial charge in [0.1, 0.15) is 11.6 Å². The van der Waals surface area contributed by atoms with Crippen molar-refractivity contribution in [2.45, 2.75) is 46.2 Å². The lowest BCUT2D eigenvalue weighted by atomic mass is 9.85. The maximum absolute atomic E-state index is 13.9. The number of aryl methyl sites for hydroxylation is 1. The smallest absolute Gasteiger partial charge is 0.129 e. The summed E-state index contributed by atoms with van der Waals surface area (Å²) in [4.78, 5) is 0. The van der Waals surface area contributed by atoms with Gasteiger partial charge in [0.15, 0.2) is 0 Å². The number of halogens is 1. The minimum atomic E-state index is -0.306. The SMILES string of the molecule is CCc1ccccc1NCc1c(-c2ccc(F)cc2OC)ccc2c1C(C)=CC(C)(C)N2. The molecular weight excluding hydrogens is 399 g/mol. The van der Waals surface area contributed by atoms with Crippen molar-refractivity contribution in [2.24, 2.45) is 0 Å². The topological polar surface area (TPSA) is 33.3 Å². The molecule has 1 aliphatic heterocycles. The molecule has 166 valence electrons. The predicted octanol–water partition coefficient (Wildman–Crippen LogP) is 7.28. The first-order valence-corrected chi connectivity index (χ1v) is 11.1. The van der Waals surface area contributed by atoms with Gasteiger partial charge >= 0.3 is 0 Å². The van der Waals surface area contributed by atoms with Crippen LogP contribution in [0.4, 0.5) is 15.8 Å². The lowest BCUT2D eigenvalue weighted by molar-refractivity contribution is 0.413. The number of rotatable bonds is 6. The van der Waals surface area contributed by atoms with Gasteiger partial charge in [-0.05, 0) is 73.7 Å². The van der Waals surface area contributed by atoms with Crippen LogP contribution in [0.25, 0.3) is 16.7 Å². The molecule has 2 N–H and O–H groups in total. The van der Waals surface area contributed by atoms with E-state index in [2.05, 4.69) is 80.8 Å². The summed E-state index contributed by atoms with van der Waals surface area (Å²) in [6.45, 7) is 9.32. The van der Waals surface area contributed by atoms with Crippen LogP contribution in [0.2, 0.25) is 0 Å². The number of hydrogen-bond acceptors (Lipinski definition) is 3. The fraction of sp³-hybridized carbons (Fsp3) is 0.286. The minimum absolute atomic E-state index is 0.119. The average molecular weight is 431 g/mol. The molecular formula is C28H31FN2O. The molecule has 0 radical (unpaired) electrons. The molecule has 1 aliphatic rings. The second-order valence-corrected chi connectivity index (χ2v) is 8.90. The molecule has 4 rings (SSSR count). The Bertz CT molecular complexity index is 1180. The number of benzene rings is 3. The first-order valence-electron chi connectivity index (χ1n) is 11.1. The fourth-order valence-corrected chi connectivity index (χ4v) is 4.71. The Hall–Kier alpha value is -3.27. The minimum Gasteiger partial charge on any atom is -0.496 e.